The topological polar surface area (TPSA) is 91.0 Å². The molecule has 0 saturated carbocycles. The fourth-order valence-corrected chi connectivity index (χ4v) is 4.22. The van der Waals surface area contributed by atoms with Crippen LogP contribution in [0.25, 0.3) is 10.9 Å². The summed E-state index contributed by atoms with van der Waals surface area (Å²) in [5.41, 5.74) is 4.07. The monoisotopic (exact) mass is 349 g/mol. The second-order valence-corrected chi connectivity index (χ2v) is 7.20. The minimum absolute atomic E-state index is 0.504. The van der Waals surface area contributed by atoms with E-state index in [1.165, 1.54) is 6.42 Å². The lowest BCUT2D eigenvalue weighted by Gasteiger charge is -2.53. The Morgan fingerprint density at radius 2 is 2.08 bits per heavy atom. The van der Waals surface area contributed by atoms with E-state index in [0.717, 1.165) is 52.7 Å². The quantitative estimate of drug-likeness (QED) is 0.663. The average Bonchev–Trinajstić information content (AvgIpc) is 3.31. The first-order chi connectivity index (χ1) is 12.8. The van der Waals surface area contributed by atoms with Gasteiger partial charge in [-0.3, -0.25) is 5.10 Å². The Labute approximate surface area is 150 Å². The molecule has 3 N–H and O–H groups in total. The third kappa shape index (κ3) is 2.12. The molecule has 132 valence electrons. The Morgan fingerprint density at radius 3 is 2.96 bits per heavy atom. The summed E-state index contributed by atoms with van der Waals surface area (Å²) in [6.45, 7) is 3.13. The summed E-state index contributed by atoms with van der Waals surface area (Å²) >= 11 is 0. The summed E-state index contributed by atoms with van der Waals surface area (Å²) in [4.78, 5) is 12.1. The number of rotatable bonds is 3. The second kappa shape index (κ2) is 5.39. The van der Waals surface area contributed by atoms with Crippen molar-refractivity contribution in [3.05, 3.63) is 35.7 Å². The Hall–Kier alpha value is -2.71. The van der Waals surface area contributed by atoms with Gasteiger partial charge in [0.05, 0.1) is 30.6 Å². The number of hydrogen-bond donors (Lipinski definition) is 3. The van der Waals surface area contributed by atoms with Crippen LogP contribution in [0.2, 0.25) is 0 Å². The maximum Gasteiger partial charge on any atom is 0.228 e. The molecule has 3 aliphatic heterocycles. The molecule has 3 aromatic rings. The van der Waals surface area contributed by atoms with E-state index in [2.05, 4.69) is 31.8 Å². The molecule has 0 aliphatic carbocycles. The fraction of sp³-hybridized carbons (Fsp3) is 0.389. The molecule has 2 aromatic heterocycles. The lowest BCUT2D eigenvalue weighted by Crippen LogP contribution is -2.68. The summed E-state index contributed by atoms with van der Waals surface area (Å²) in [6.07, 6.45) is 3.05. The van der Waals surface area contributed by atoms with E-state index in [9.17, 15) is 0 Å². The number of hydrogen-bond acceptors (Lipinski definition) is 7. The van der Waals surface area contributed by atoms with E-state index in [-0.39, 0.29) is 0 Å². The number of fused-ring (bicyclic) bond motifs is 4. The van der Waals surface area contributed by atoms with E-state index in [1.54, 1.807) is 0 Å². The van der Waals surface area contributed by atoms with Gasteiger partial charge in [0.25, 0.3) is 0 Å². The van der Waals surface area contributed by atoms with Crippen LogP contribution >= 0.6 is 0 Å². The van der Waals surface area contributed by atoms with E-state index in [4.69, 9.17) is 14.7 Å². The highest BCUT2D eigenvalue weighted by Crippen LogP contribution is 2.36. The third-order valence-corrected chi connectivity index (χ3v) is 5.59. The van der Waals surface area contributed by atoms with Gasteiger partial charge in [-0.25, -0.2) is 4.98 Å². The van der Waals surface area contributed by atoms with Crippen molar-refractivity contribution in [1.82, 2.24) is 25.5 Å². The van der Waals surface area contributed by atoms with Crippen LogP contribution in [-0.2, 0) is 18.0 Å². The molecule has 0 spiro atoms. The molecule has 0 amide bonds. The van der Waals surface area contributed by atoms with Crippen molar-refractivity contribution < 1.29 is 4.74 Å². The van der Waals surface area contributed by atoms with Crippen molar-refractivity contribution in [1.29, 1.82) is 0 Å². The third-order valence-electron chi connectivity index (χ3n) is 5.59. The fourth-order valence-electron chi connectivity index (χ4n) is 4.22. The molecule has 2 saturated heterocycles. The minimum Gasteiger partial charge on any atom is -0.370 e. The highest BCUT2D eigenvalue weighted by Gasteiger charge is 2.43. The van der Waals surface area contributed by atoms with Gasteiger partial charge < -0.3 is 20.3 Å². The van der Waals surface area contributed by atoms with E-state index in [0.29, 0.717) is 25.3 Å². The highest BCUT2D eigenvalue weighted by atomic mass is 16.5. The molecule has 6 rings (SSSR count). The molecule has 5 heterocycles. The number of nitrogens with one attached hydrogen (secondary N) is 3. The first-order valence-corrected chi connectivity index (χ1v) is 9.02. The standard InChI is InChI=1S/C18H19N7O/c1-2-15-10(5-20-24-15)3-11(1)21-17-14-8-26-9-16(14)22-18(23-17)25-12-4-13(25)7-19-6-12/h1-3,5,12-13,19H,4,6-9H2,(H,20,24)(H,21,22,23). The summed E-state index contributed by atoms with van der Waals surface area (Å²) < 4.78 is 5.64. The van der Waals surface area contributed by atoms with Gasteiger partial charge in [-0.15, -0.1) is 0 Å². The van der Waals surface area contributed by atoms with Crippen LogP contribution < -0.4 is 15.5 Å². The summed E-state index contributed by atoms with van der Waals surface area (Å²) in [5.74, 6) is 1.67. The molecule has 26 heavy (non-hydrogen) atoms. The first kappa shape index (κ1) is 14.5. The zero-order chi connectivity index (χ0) is 17.1. The van der Waals surface area contributed by atoms with Crippen molar-refractivity contribution in [3.8, 4) is 0 Å². The molecule has 2 unspecified atom stereocenters. The Kier molecular flexibility index (Phi) is 3.00. The number of anilines is 3. The van der Waals surface area contributed by atoms with Gasteiger partial charge in [-0.1, -0.05) is 0 Å². The van der Waals surface area contributed by atoms with Crippen LogP contribution in [0.1, 0.15) is 17.7 Å². The number of H-pyrrole nitrogens is 1. The number of benzene rings is 1. The predicted octanol–water partition coefficient (Wildman–Crippen LogP) is 1.68. The van der Waals surface area contributed by atoms with Crippen molar-refractivity contribution in [2.75, 3.05) is 23.3 Å². The van der Waals surface area contributed by atoms with Crippen molar-refractivity contribution in [2.45, 2.75) is 31.7 Å². The lowest BCUT2D eigenvalue weighted by molar-refractivity contribution is 0.133. The second-order valence-electron chi connectivity index (χ2n) is 7.20. The van der Waals surface area contributed by atoms with Crippen molar-refractivity contribution >= 4 is 28.4 Å². The normalized spacial score (nSPS) is 23.8. The van der Waals surface area contributed by atoms with Gasteiger partial charge in [-0.2, -0.15) is 10.1 Å². The lowest BCUT2D eigenvalue weighted by atomic mass is 9.89. The van der Waals surface area contributed by atoms with E-state index >= 15 is 0 Å². The molecule has 2 fully saturated rings. The van der Waals surface area contributed by atoms with Crippen LogP contribution in [0.3, 0.4) is 0 Å². The maximum absolute atomic E-state index is 5.64. The molecular weight excluding hydrogens is 330 g/mol. The van der Waals surface area contributed by atoms with Crippen LogP contribution in [-0.4, -0.2) is 45.3 Å². The largest absolute Gasteiger partial charge is 0.370 e. The summed E-state index contributed by atoms with van der Waals surface area (Å²) in [6, 6.07) is 7.14. The van der Waals surface area contributed by atoms with E-state index in [1.807, 2.05) is 18.3 Å². The summed E-state index contributed by atoms with van der Waals surface area (Å²) in [5, 5.41) is 15.1. The average molecular weight is 349 g/mol. The molecule has 8 heteroatoms. The minimum atomic E-state index is 0.504. The van der Waals surface area contributed by atoms with Gasteiger partial charge in [0, 0.05) is 41.8 Å². The Morgan fingerprint density at radius 1 is 1.15 bits per heavy atom. The zero-order valence-corrected chi connectivity index (χ0v) is 14.2. The number of aromatic nitrogens is 4. The summed E-state index contributed by atoms with van der Waals surface area (Å²) in [7, 11) is 0. The molecule has 3 aliphatic rings. The van der Waals surface area contributed by atoms with Gasteiger partial charge in [0.15, 0.2) is 0 Å². The Bertz CT molecular complexity index is 986. The van der Waals surface area contributed by atoms with Gasteiger partial charge in [0.2, 0.25) is 5.95 Å². The highest BCUT2D eigenvalue weighted by molar-refractivity contribution is 5.83. The predicted molar refractivity (Wildman–Crippen MR) is 97.4 cm³/mol. The molecule has 0 radical (unpaired) electrons. The maximum atomic E-state index is 5.64. The van der Waals surface area contributed by atoms with Crippen LogP contribution in [0.4, 0.5) is 17.5 Å². The number of piperidine rings is 1. The van der Waals surface area contributed by atoms with Gasteiger partial charge in [-0.05, 0) is 24.6 Å². The first-order valence-electron chi connectivity index (χ1n) is 9.02. The molecule has 8 nitrogen and oxygen atoms in total. The van der Waals surface area contributed by atoms with Crippen molar-refractivity contribution in [3.63, 3.8) is 0 Å². The molecule has 1 aromatic carbocycles. The van der Waals surface area contributed by atoms with E-state index < -0.39 is 0 Å². The van der Waals surface area contributed by atoms with Gasteiger partial charge >= 0.3 is 0 Å². The number of piperazine rings is 1. The Balaban J connectivity index is 1.39. The molecular formula is C18H19N7O. The van der Waals surface area contributed by atoms with Crippen LogP contribution in [0.15, 0.2) is 24.4 Å². The van der Waals surface area contributed by atoms with Crippen LogP contribution in [0.5, 0.6) is 0 Å². The molecule has 2 atom stereocenters. The number of nitrogens with zero attached hydrogens (tertiary/aromatic N) is 4. The number of aromatic amines is 1. The SMILES string of the molecule is c1cc2[nH]ncc2cc1Nc1nc(N2C3CNCC2C3)nc2c1COC2. The van der Waals surface area contributed by atoms with Crippen molar-refractivity contribution in [2.24, 2.45) is 0 Å². The molecule has 2 bridgehead atoms. The zero-order valence-electron chi connectivity index (χ0n) is 14.2. The van der Waals surface area contributed by atoms with Crippen LogP contribution in [0, 0.1) is 0 Å². The van der Waals surface area contributed by atoms with Gasteiger partial charge in [0.1, 0.15) is 5.82 Å². The smallest absolute Gasteiger partial charge is 0.228 e. The number of ether oxygens (including phenoxy) is 1.